The van der Waals surface area contributed by atoms with Crippen LogP contribution in [0.5, 0.6) is 0 Å². The minimum atomic E-state index is -0.128. The van der Waals surface area contributed by atoms with Crippen molar-refractivity contribution in [3.63, 3.8) is 0 Å². The van der Waals surface area contributed by atoms with E-state index in [1.165, 1.54) is 11.8 Å². The summed E-state index contributed by atoms with van der Waals surface area (Å²) in [6, 6.07) is 4.36. The smallest absolute Gasteiger partial charge is 0.263 e. The van der Waals surface area contributed by atoms with Crippen LogP contribution in [-0.2, 0) is 4.79 Å². The predicted molar refractivity (Wildman–Crippen MR) is 97.7 cm³/mol. The fraction of sp³-hybridized carbons (Fsp3) is 0.312. The number of rotatable bonds is 3. The summed E-state index contributed by atoms with van der Waals surface area (Å²) in [6.07, 6.45) is 3.71. The lowest BCUT2D eigenvalue weighted by atomic mass is 10.2. The van der Waals surface area contributed by atoms with E-state index in [1.54, 1.807) is 0 Å². The number of carbonyl (C=O) groups excluding carboxylic acids is 1. The minimum absolute atomic E-state index is 0.128. The molecule has 0 saturated carbocycles. The molecule has 7 heteroatoms. The standard InChI is InChI=1S/C16H18N4OS2/c1-9(2)20-14(5-6-17-20)19-10(3)7-12(11(19)4)8-13-15(21)18-16(22)23-13/h5-9H,1-4H3,(H,18,21,22)/b13-8+. The van der Waals surface area contributed by atoms with E-state index < -0.39 is 0 Å². The van der Waals surface area contributed by atoms with Crippen molar-refractivity contribution in [2.24, 2.45) is 0 Å². The number of hydrogen-bond acceptors (Lipinski definition) is 4. The molecule has 3 rings (SSSR count). The molecule has 5 nitrogen and oxygen atoms in total. The topological polar surface area (TPSA) is 51.9 Å². The monoisotopic (exact) mass is 346 g/mol. The van der Waals surface area contributed by atoms with Gasteiger partial charge in [0.1, 0.15) is 10.1 Å². The highest BCUT2D eigenvalue weighted by atomic mass is 32.2. The van der Waals surface area contributed by atoms with Crippen LogP contribution in [-0.4, -0.2) is 24.6 Å². The molecule has 23 heavy (non-hydrogen) atoms. The van der Waals surface area contributed by atoms with E-state index in [9.17, 15) is 4.79 Å². The van der Waals surface area contributed by atoms with Crippen molar-refractivity contribution in [2.75, 3.05) is 0 Å². The molecule has 1 N–H and O–H groups in total. The molecular formula is C16H18N4OS2. The van der Waals surface area contributed by atoms with E-state index in [0.29, 0.717) is 9.23 Å². The molecule has 1 aliphatic rings. The summed E-state index contributed by atoms with van der Waals surface area (Å²) in [6.45, 7) is 8.31. The maximum absolute atomic E-state index is 11.9. The van der Waals surface area contributed by atoms with Gasteiger partial charge in [0.15, 0.2) is 0 Å². The Balaban J connectivity index is 2.07. The van der Waals surface area contributed by atoms with E-state index in [4.69, 9.17) is 12.2 Å². The van der Waals surface area contributed by atoms with Gasteiger partial charge in [0, 0.05) is 23.5 Å². The van der Waals surface area contributed by atoms with Gasteiger partial charge in [-0.2, -0.15) is 5.10 Å². The first-order chi connectivity index (χ1) is 10.9. The Labute approximate surface area is 144 Å². The second kappa shape index (κ2) is 5.98. The SMILES string of the molecule is Cc1cc(/C=C2/SC(=S)NC2=O)c(C)n1-c1ccnn1C(C)C. The van der Waals surface area contributed by atoms with E-state index in [-0.39, 0.29) is 11.9 Å². The molecule has 1 saturated heterocycles. The summed E-state index contributed by atoms with van der Waals surface area (Å²) < 4.78 is 4.66. The molecule has 2 aromatic heterocycles. The molecular weight excluding hydrogens is 328 g/mol. The summed E-state index contributed by atoms with van der Waals surface area (Å²) >= 11 is 6.34. The maximum Gasteiger partial charge on any atom is 0.263 e. The number of hydrogen-bond donors (Lipinski definition) is 1. The van der Waals surface area contributed by atoms with Crippen LogP contribution >= 0.6 is 24.0 Å². The highest BCUT2D eigenvalue weighted by Crippen LogP contribution is 2.29. The molecule has 2 aromatic rings. The van der Waals surface area contributed by atoms with Crippen LogP contribution in [0.1, 0.15) is 36.8 Å². The van der Waals surface area contributed by atoms with Gasteiger partial charge in [-0.1, -0.05) is 24.0 Å². The first-order valence-electron chi connectivity index (χ1n) is 7.36. The van der Waals surface area contributed by atoms with Crippen molar-refractivity contribution >= 4 is 40.3 Å². The van der Waals surface area contributed by atoms with E-state index in [1.807, 2.05) is 29.9 Å². The number of aryl methyl sites for hydroxylation is 1. The second-order valence-electron chi connectivity index (χ2n) is 5.74. The molecule has 0 atom stereocenters. The fourth-order valence-corrected chi connectivity index (χ4v) is 3.77. The van der Waals surface area contributed by atoms with Gasteiger partial charge in [-0.3, -0.25) is 4.79 Å². The van der Waals surface area contributed by atoms with Crippen LogP contribution in [0.3, 0.4) is 0 Å². The van der Waals surface area contributed by atoms with Crippen LogP contribution in [0.15, 0.2) is 23.2 Å². The van der Waals surface area contributed by atoms with Crippen LogP contribution in [0.2, 0.25) is 0 Å². The number of thioether (sulfide) groups is 1. The molecule has 0 aliphatic carbocycles. The van der Waals surface area contributed by atoms with Gasteiger partial charge >= 0.3 is 0 Å². The highest BCUT2D eigenvalue weighted by Gasteiger charge is 2.23. The average Bonchev–Trinajstić information content (AvgIpc) is 3.11. The van der Waals surface area contributed by atoms with Crippen LogP contribution < -0.4 is 5.32 Å². The van der Waals surface area contributed by atoms with E-state index >= 15 is 0 Å². The Morgan fingerprint density at radius 3 is 2.74 bits per heavy atom. The van der Waals surface area contributed by atoms with Gasteiger partial charge in [-0.15, -0.1) is 0 Å². The molecule has 120 valence electrons. The van der Waals surface area contributed by atoms with Crippen LogP contribution in [0.4, 0.5) is 0 Å². The van der Waals surface area contributed by atoms with E-state index in [2.05, 4.69) is 41.8 Å². The third-order valence-electron chi connectivity index (χ3n) is 3.77. The number of amides is 1. The molecule has 0 radical (unpaired) electrons. The molecule has 1 aliphatic heterocycles. The summed E-state index contributed by atoms with van der Waals surface area (Å²) in [4.78, 5) is 12.5. The first-order valence-corrected chi connectivity index (χ1v) is 8.58. The van der Waals surface area contributed by atoms with Crippen molar-refractivity contribution in [1.29, 1.82) is 0 Å². The summed E-state index contributed by atoms with van der Waals surface area (Å²) in [7, 11) is 0. The second-order valence-corrected chi connectivity index (χ2v) is 7.46. The van der Waals surface area contributed by atoms with Crippen molar-refractivity contribution < 1.29 is 4.79 Å². The van der Waals surface area contributed by atoms with Gasteiger partial charge in [0.2, 0.25) is 0 Å². The Morgan fingerprint density at radius 1 is 1.39 bits per heavy atom. The number of aromatic nitrogens is 3. The minimum Gasteiger partial charge on any atom is -0.307 e. The fourth-order valence-electron chi connectivity index (χ4n) is 2.73. The molecule has 0 bridgehead atoms. The third kappa shape index (κ3) is 2.86. The maximum atomic E-state index is 11.9. The number of carbonyl (C=O) groups is 1. The lowest BCUT2D eigenvalue weighted by Gasteiger charge is -2.15. The first kappa shape index (κ1) is 16.0. The lowest BCUT2D eigenvalue weighted by molar-refractivity contribution is -0.115. The van der Waals surface area contributed by atoms with Crippen molar-refractivity contribution in [3.8, 4) is 5.82 Å². The lowest BCUT2D eigenvalue weighted by Crippen LogP contribution is -2.17. The van der Waals surface area contributed by atoms with Crippen molar-refractivity contribution in [3.05, 3.63) is 40.2 Å². The Morgan fingerprint density at radius 2 is 2.13 bits per heavy atom. The quantitative estimate of drug-likeness (QED) is 0.684. The van der Waals surface area contributed by atoms with Crippen LogP contribution in [0, 0.1) is 13.8 Å². The van der Waals surface area contributed by atoms with Gasteiger partial charge in [0.25, 0.3) is 5.91 Å². The normalized spacial score (nSPS) is 16.7. The number of nitrogens with zero attached hydrogens (tertiary/aromatic N) is 3. The molecule has 0 unspecified atom stereocenters. The van der Waals surface area contributed by atoms with Gasteiger partial charge in [-0.25, -0.2) is 4.68 Å². The highest BCUT2D eigenvalue weighted by molar-refractivity contribution is 8.26. The number of thiocarbonyl (C=S) groups is 1. The molecule has 1 amide bonds. The largest absolute Gasteiger partial charge is 0.307 e. The third-order valence-corrected chi connectivity index (χ3v) is 4.93. The zero-order chi connectivity index (χ0) is 16.7. The molecule has 1 fully saturated rings. The molecule has 0 aromatic carbocycles. The Bertz CT molecular complexity index is 829. The Kier molecular flexibility index (Phi) is 4.16. The van der Waals surface area contributed by atoms with Crippen LogP contribution in [0.25, 0.3) is 11.9 Å². The summed E-state index contributed by atoms with van der Waals surface area (Å²) in [5.74, 6) is 0.899. The predicted octanol–water partition coefficient (Wildman–Crippen LogP) is 3.36. The van der Waals surface area contributed by atoms with Gasteiger partial charge in [-0.05, 0) is 45.4 Å². The Hall–Kier alpha value is -1.86. The van der Waals surface area contributed by atoms with Crippen molar-refractivity contribution in [2.45, 2.75) is 33.7 Å². The zero-order valence-electron chi connectivity index (χ0n) is 13.5. The van der Waals surface area contributed by atoms with Crippen molar-refractivity contribution in [1.82, 2.24) is 19.7 Å². The number of nitrogens with one attached hydrogen (secondary N) is 1. The molecule has 0 spiro atoms. The summed E-state index contributed by atoms with van der Waals surface area (Å²) in [5, 5.41) is 7.05. The van der Waals surface area contributed by atoms with Gasteiger partial charge < -0.3 is 9.88 Å². The summed E-state index contributed by atoms with van der Waals surface area (Å²) in [5.41, 5.74) is 3.19. The zero-order valence-corrected chi connectivity index (χ0v) is 15.1. The van der Waals surface area contributed by atoms with Gasteiger partial charge in [0.05, 0.1) is 11.1 Å². The average molecular weight is 346 g/mol. The van der Waals surface area contributed by atoms with E-state index in [0.717, 1.165) is 22.8 Å². The molecule has 3 heterocycles.